The first-order valence-corrected chi connectivity index (χ1v) is 11.4. The summed E-state index contributed by atoms with van der Waals surface area (Å²) in [6.45, 7) is 4.16. The van der Waals surface area contributed by atoms with Crippen LogP contribution < -0.4 is 0 Å². The average molecular weight is 386 g/mol. The number of rotatable bonds is 4. The van der Waals surface area contributed by atoms with Gasteiger partial charge < -0.3 is 5.11 Å². The fourth-order valence-electron chi connectivity index (χ4n) is 4.72. The molecule has 0 amide bonds. The molecule has 5 heteroatoms. The molecule has 1 spiro atoms. The van der Waals surface area contributed by atoms with E-state index in [-0.39, 0.29) is 10.3 Å². The van der Waals surface area contributed by atoms with Crippen molar-refractivity contribution in [1.82, 2.24) is 4.90 Å². The third-order valence-corrected chi connectivity index (χ3v) is 7.38. The number of sulfone groups is 1. The number of fused-ring (bicyclic) bond motifs is 2. The Balaban J connectivity index is 1.56. The van der Waals surface area contributed by atoms with Crippen molar-refractivity contribution in [1.29, 1.82) is 0 Å². The van der Waals surface area contributed by atoms with E-state index < -0.39 is 15.4 Å². The molecule has 2 aliphatic rings. The van der Waals surface area contributed by atoms with Crippen LogP contribution in [-0.2, 0) is 27.4 Å². The van der Waals surface area contributed by atoms with E-state index >= 15 is 0 Å². The van der Waals surface area contributed by atoms with Crippen molar-refractivity contribution in [2.24, 2.45) is 0 Å². The summed E-state index contributed by atoms with van der Waals surface area (Å²) >= 11 is 0. The Bertz CT molecular complexity index is 944. The lowest BCUT2D eigenvalue weighted by molar-refractivity contribution is -0.00606. The molecule has 1 unspecified atom stereocenters. The molecule has 1 N–H and O–H groups in total. The zero-order chi connectivity index (χ0) is 19.3. The Kier molecular flexibility index (Phi) is 4.45. The fraction of sp³-hybridized carbons (Fsp3) is 0.455. The fourth-order valence-corrected chi connectivity index (χ4v) is 5.35. The van der Waals surface area contributed by atoms with E-state index in [9.17, 15) is 13.5 Å². The first kappa shape index (κ1) is 18.7. The van der Waals surface area contributed by atoms with Gasteiger partial charge in [0.1, 0.15) is 0 Å². The summed E-state index contributed by atoms with van der Waals surface area (Å²) in [5.41, 5.74) is 2.81. The van der Waals surface area contributed by atoms with Crippen LogP contribution in [0.4, 0.5) is 0 Å². The van der Waals surface area contributed by atoms with Gasteiger partial charge in [0, 0.05) is 31.3 Å². The van der Waals surface area contributed by atoms with E-state index in [1.807, 2.05) is 6.92 Å². The van der Waals surface area contributed by atoms with Crippen molar-refractivity contribution in [3.63, 3.8) is 0 Å². The summed E-state index contributed by atoms with van der Waals surface area (Å²) in [5.74, 6) is 0. The monoisotopic (exact) mass is 385 g/mol. The van der Waals surface area contributed by atoms with Gasteiger partial charge in [-0.3, -0.25) is 4.90 Å². The molecule has 2 aromatic rings. The maximum atomic E-state index is 11.7. The van der Waals surface area contributed by atoms with Crippen LogP contribution in [0, 0.1) is 0 Å². The minimum Gasteiger partial charge on any atom is -0.384 e. The van der Waals surface area contributed by atoms with Crippen LogP contribution in [0.1, 0.15) is 42.9 Å². The van der Waals surface area contributed by atoms with E-state index in [1.165, 1.54) is 36.6 Å². The van der Waals surface area contributed by atoms with Crippen molar-refractivity contribution < 1.29 is 13.5 Å². The van der Waals surface area contributed by atoms with Gasteiger partial charge in [0.2, 0.25) is 0 Å². The standard InChI is InChI=1S/C22H27NO3S/c1-21(24,18-8-10-19(11-9-18)27(2,25)26)15-23-14-17-6-3-4-7-20(17)22(16-23)12-5-13-22/h3-4,6-11,24H,5,12-16H2,1-2H3. The lowest BCUT2D eigenvalue weighted by Crippen LogP contribution is -2.52. The third kappa shape index (κ3) is 3.44. The second-order valence-corrected chi connectivity index (χ2v) is 10.5. The third-order valence-electron chi connectivity index (χ3n) is 6.26. The number of hydrogen-bond donors (Lipinski definition) is 1. The van der Waals surface area contributed by atoms with Crippen LogP contribution in [-0.4, -0.2) is 37.8 Å². The minimum atomic E-state index is -3.23. The second-order valence-electron chi connectivity index (χ2n) is 8.51. The number of hydrogen-bond acceptors (Lipinski definition) is 4. The van der Waals surface area contributed by atoms with Gasteiger partial charge in [-0.1, -0.05) is 42.8 Å². The Morgan fingerprint density at radius 3 is 2.37 bits per heavy atom. The van der Waals surface area contributed by atoms with Crippen LogP contribution in [0.5, 0.6) is 0 Å². The van der Waals surface area contributed by atoms with Crippen molar-refractivity contribution in [3.05, 3.63) is 65.2 Å². The summed E-state index contributed by atoms with van der Waals surface area (Å²) in [6.07, 6.45) is 4.90. The van der Waals surface area contributed by atoms with Gasteiger partial charge >= 0.3 is 0 Å². The summed E-state index contributed by atoms with van der Waals surface area (Å²) in [7, 11) is -3.23. The molecule has 1 atom stereocenters. The highest BCUT2D eigenvalue weighted by atomic mass is 32.2. The molecule has 144 valence electrons. The van der Waals surface area contributed by atoms with Gasteiger partial charge in [-0.2, -0.15) is 0 Å². The summed E-state index contributed by atoms with van der Waals surface area (Å²) in [5, 5.41) is 11.1. The smallest absolute Gasteiger partial charge is 0.175 e. The second kappa shape index (κ2) is 6.43. The van der Waals surface area contributed by atoms with Crippen LogP contribution >= 0.6 is 0 Å². The van der Waals surface area contributed by atoms with Gasteiger partial charge in [-0.05, 0) is 48.6 Å². The summed E-state index contributed by atoms with van der Waals surface area (Å²) < 4.78 is 23.3. The molecule has 4 rings (SSSR count). The first-order valence-electron chi connectivity index (χ1n) is 9.53. The van der Waals surface area contributed by atoms with Crippen LogP contribution in [0.3, 0.4) is 0 Å². The van der Waals surface area contributed by atoms with Crippen LogP contribution in [0.25, 0.3) is 0 Å². The molecule has 0 aromatic heterocycles. The highest BCUT2D eigenvalue weighted by Crippen LogP contribution is 2.48. The van der Waals surface area contributed by atoms with E-state index in [0.29, 0.717) is 6.54 Å². The van der Waals surface area contributed by atoms with E-state index in [1.54, 1.807) is 24.3 Å². The van der Waals surface area contributed by atoms with E-state index in [2.05, 4.69) is 29.2 Å². The SMILES string of the molecule is CC(O)(CN1Cc2ccccc2C2(CCC2)C1)c1ccc(S(C)(=O)=O)cc1. The van der Waals surface area contributed by atoms with Gasteiger partial charge in [0.05, 0.1) is 10.5 Å². The number of aliphatic hydroxyl groups is 1. The van der Waals surface area contributed by atoms with Gasteiger partial charge in [0.25, 0.3) is 0 Å². The van der Waals surface area contributed by atoms with Crippen molar-refractivity contribution in [3.8, 4) is 0 Å². The predicted molar refractivity (Wildman–Crippen MR) is 106 cm³/mol. The molecule has 0 radical (unpaired) electrons. The van der Waals surface area contributed by atoms with E-state index in [4.69, 9.17) is 0 Å². The maximum Gasteiger partial charge on any atom is 0.175 e. The maximum absolute atomic E-state index is 11.7. The molecule has 1 heterocycles. The Labute approximate surface area is 161 Å². The average Bonchev–Trinajstić information content (AvgIpc) is 2.58. The van der Waals surface area contributed by atoms with Crippen molar-refractivity contribution >= 4 is 9.84 Å². The van der Waals surface area contributed by atoms with Crippen molar-refractivity contribution in [2.75, 3.05) is 19.3 Å². The molecule has 1 saturated carbocycles. The molecule has 1 fully saturated rings. The molecular formula is C22H27NO3S. The number of β-amino-alcohol motifs (C(OH)–C–C–N with tert-alkyl or cyclic N) is 1. The van der Waals surface area contributed by atoms with Gasteiger partial charge in [0.15, 0.2) is 9.84 Å². The van der Waals surface area contributed by atoms with Crippen LogP contribution in [0.15, 0.2) is 53.4 Å². The minimum absolute atomic E-state index is 0.241. The quantitative estimate of drug-likeness (QED) is 0.878. The first-order chi connectivity index (χ1) is 12.7. The zero-order valence-electron chi connectivity index (χ0n) is 16.0. The van der Waals surface area contributed by atoms with Gasteiger partial charge in [-0.15, -0.1) is 0 Å². The molecule has 2 aromatic carbocycles. The van der Waals surface area contributed by atoms with E-state index in [0.717, 1.165) is 18.7 Å². The Morgan fingerprint density at radius 1 is 1.11 bits per heavy atom. The molecule has 27 heavy (non-hydrogen) atoms. The largest absolute Gasteiger partial charge is 0.384 e. The number of benzene rings is 2. The number of nitrogens with zero attached hydrogens (tertiary/aromatic N) is 1. The highest BCUT2D eigenvalue weighted by molar-refractivity contribution is 7.90. The zero-order valence-corrected chi connectivity index (χ0v) is 16.8. The van der Waals surface area contributed by atoms with Crippen molar-refractivity contribution in [2.45, 2.75) is 48.6 Å². The molecule has 1 aliphatic carbocycles. The lowest BCUT2D eigenvalue weighted by atomic mass is 9.61. The predicted octanol–water partition coefficient (Wildman–Crippen LogP) is 3.24. The molecule has 1 aliphatic heterocycles. The normalized spacial score (nSPS) is 21.3. The molecule has 0 saturated heterocycles. The van der Waals surface area contributed by atoms with Gasteiger partial charge in [-0.25, -0.2) is 8.42 Å². The summed E-state index contributed by atoms with van der Waals surface area (Å²) in [4.78, 5) is 2.63. The molecule has 0 bridgehead atoms. The molecule has 4 nitrogen and oxygen atoms in total. The summed E-state index contributed by atoms with van der Waals surface area (Å²) in [6, 6.07) is 15.3. The highest BCUT2D eigenvalue weighted by Gasteiger charge is 2.45. The topological polar surface area (TPSA) is 57.6 Å². The van der Waals surface area contributed by atoms with Crippen LogP contribution in [0.2, 0.25) is 0 Å². The Hall–Kier alpha value is -1.69. The molecular weight excluding hydrogens is 358 g/mol. The lowest BCUT2D eigenvalue weighted by Gasteiger charge is -2.51. The Morgan fingerprint density at radius 2 is 1.78 bits per heavy atom.